The van der Waals surface area contributed by atoms with Crippen molar-refractivity contribution in [3.63, 3.8) is 0 Å². The molecule has 6 heteroatoms. The molecule has 0 saturated carbocycles. The number of hydrogen-bond donors (Lipinski definition) is 0. The topological polar surface area (TPSA) is 20.3 Å². The minimum atomic E-state index is -1.48. The van der Waals surface area contributed by atoms with E-state index in [1.165, 1.54) is 11.8 Å². The summed E-state index contributed by atoms with van der Waals surface area (Å²) in [6, 6.07) is 6.96. The summed E-state index contributed by atoms with van der Waals surface area (Å²) in [6.07, 6.45) is -0.473. The Morgan fingerprint density at radius 3 is 2.22 bits per heavy atom. The maximum Gasteiger partial charge on any atom is 0.237 e. The van der Waals surface area contributed by atoms with Gasteiger partial charge in [-0.25, -0.2) is 17.6 Å². The number of para-hydroxylation sites is 1. The van der Waals surface area contributed by atoms with Crippen molar-refractivity contribution < 1.29 is 22.4 Å². The van der Waals surface area contributed by atoms with Gasteiger partial charge in [-0.2, -0.15) is 0 Å². The van der Waals surface area contributed by atoms with Crippen molar-refractivity contribution in [1.29, 1.82) is 0 Å². The Kier molecular flexibility index (Phi) is 3.43. The number of anilines is 1. The van der Waals surface area contributed by atoms with Crippen LogP contribution in [0.4, 0.5) is 23.2 Å². The third-order valence-corrected chi connectivity index (χ3v) is 4.37. The number of nitrogens with zero attached hydrogens (tertiary/aromatic N) is 1. The summed E-state index contributed by atoms with van der Waals surface area (Å²) < 4.78 is 54.7. The minimum Gasteiger partial charge on any atom is -0.314 e. The highest BCUT2D eigenvalue weighted by atomic mass is 19.2. The van der Waals surface area contributed by atoms with Crippen LogP contribution in [0, 0.1) is 23.3 Å². The molecule has 1 unspecified atom stereocenters. The highest BCUT2D eigenvalue weighted by molar-refractivity contribution is 6.07. The van der Waals surface area contributed by atoms with Crippen molar-refractivity contribution in [3.05, 3.63) is 64.7 Å². The summed E-state index contributed by atoms with van der Waals surface area (Å²) in [4.78, 5) is 14.0. The number of fused-ring (bicyclic) bond motifs is 1. The number of benzene rings is 2. The molecule has 0 spiro atoms. The van der Waals surface area contributed by atoms with Gasteiger partial charge >= 0.3 is 0 Å². The maximum absolute atomic E-state index is 14.0. The predicted molar refractivity (Wildman–Crippen MR) is 77.2 cm³/mol. The Hall–Kier alpha value is -2.37. The second-order valence-corrected chi connectivity index (χ2v) is 5.84. The van der Waals surface area contributed by atoms with E-state index in [1.54, 1.807) is 31.3 Å². The molecular formula is C17H13F4NO. The Labute approximate surface area is 130 Å². The van der Waals surface area contributed by atoms with Gasteiger partial charge in [0.1, 0.15) is 0 Å². The molecule has 0 radical (unpaired) electrons. The van der Waals surface area contributed by atoms with E-state index >= 15 is 0 Å². The fourth-order valence-electron chi connectivity index (χ4n) is 3.13. The molecule has 2 aromatic carbocycles. The molecule has 0 aromatic heterocycles. The number of hydrogen-bond acceptors (Lipinski definition) is 1. The van der Waals surface area contributed by atoms with Crippen LogP contribution >= 0.6 is 0 Å². The number of rotatable bonds is 2. The van der Waals surface area contributed by atoms with E-state index in [0.29, 0.717) is 11.3 Å². The summed E-state index contributed by atoms with van der Waals surface area (Å²) >= 11 is 0. The third-order valence-electron chi connectivity index (χ3n) is 4.37. The maximum atomic E-state index is 14.0. The van der Waals surface area contributed by atoms with Crippen LogP contribution in [0.5, 0.6) is 0 Å². The quantitative estimate of drug-likeness (QED) is 0.609. The Bertz CT molecular complexity index is 794. The van der Waals surface area contributed by atoms with E-state index in [4.69, 9.17) is 0 Å². The minimum absolute atomic E-state index is 0.160. The standard InChI is InChI=1S/C17H13F4NO/c1-17(8-9-14(20)11(18)7-12(19)15(9)21)10-5-3-4-6-13(10)22(2)16(17)23/h3-7H,8H2,1-2H3. The molecule has 0 fully saturated rings. The smallest absolute Gasteiger partial charge is 0.237 e. The second-order valence-electron chi connectivity index (χ2n) is 5.84. The molecule has 2 aromatic rings. The van der Waals surface area contributed by atoms with Crippen molar-refractivity contribution in [2.75, 3.05) is 11.9 Å². The first-order valence-electron chi connectivity index (χ1n) is 6.97. The van der Waals surface area contributed by atoms with Crippen LogP contribution in [0.2, 0.25) is 0 Å². The largest absolute Gasteiger partial charge is 0.314 e. The van der Waals surface area contributed by atoms with Gasteiger partial charge in [0.15, 0.2) is 23.3 Å². The average Bonchev–Trinajstić information content (AvgIpc) is 2.72. The van der Waals surface area contributed by atoms with Crippen LogP contribution < -0.4 is 4.90 Å². The highest BCUT2D eigenvalue weighted by Crippen LogP contribution is 2.43. The zero-order valence-corrected chi connectivity index (χ0v) is 12.5. The van der Waals surface area contributed by atoms with E-state index in [9.17, 15) is 22.4 Å². The van der Waals surface area contributed by atoms with Gasteiger partial charge in [0, 0.05) is 24.4 Å². The summed E-state index contributed by atoms with van der Waals surface area (Å²) in [5, 5.41) is 0. The summed E-state index contributed by atoms with van der Waals surface area (Å²) in [7, 11) is 1.55. The van der Waals surface area contributed by atoms with E-state index in [1.807, 2.05) is 0 Å². The lowest BCUT2D eigenvalue weighted by Crippen LogP contribution is -2.38. The SMILES string of the molecule is CN1C(=O)C(C)(Cc2c(F)c(F)cc(F)c2F)c2ccccc21. The van der Waals surface area contributed by atoms with Gasteiger partial charge in [-0.15, -0.1) is 0 Å². The number of carbonyl (C=O) groups excluding carboxylic acids is 1. The number of carbonyl (C=O) groups is 1. The molecule has 0 saturated heterocycles. The zero-order valence-electron chi connectivity index (χ0n) is 12.5. The van der Waals surface area contributed by atoms with Crippen LogP contribution in [0.15, 0.2) is 30.3 Å². The van der Waals surface area contributed by atoms with Crippen molar-refractivity contribution in [1.82, 2.24) is 0 Å². The summed E-state index contributed by atoms with van der Waals surface area (Å²) in [5.41, 5.74) is -0.884. The lowest BCUT2D eigenvalue weighted by molar-refractivity contribution is -0.122. The predicted octanol–water partition coefficient (Wildman–Crippen LogP) is 3.72. The van der Waals surface area contributed by atoms with Gasteiger partial charge in [-0.1, -0.05) is 18.2 Å². The van der Waals surface area contributed by atoms with Gasteiger partial charge in [0.05, 0.1) is 5.41 Å². The van der Waals surface area contributed by atoms with Gasteiger partial charge in [-0.05, 0) is 25.0 Å². The summed E-state index contributed by atoms with van der Waals surface area (Å²) in [6.45, 7) is 1.51. The van der Waals surface area contributed by atoms with Gasteiger partial charge < -0.3 is 4.90 Å². The molecule has 0 aliphatic carbocycles. The molecule has 0 bridgehead atoms. The lowest BCUT2D eigenvalue weighted by atomic mass is 9.78. The summed E-state index contributed by atoms with van der Waals surface area (Å²) in [5.74, 6) is -6.28. The number of amides is 1. The van der Waals surface area contributed by atoms with E-state index in [-0.39, 0.29) is 12.0 Å². The van der Waals surface area contributed by atoms with Gasteiger partial charge in [0.25, 0.3) is 0 Å². The molecule has 1 aliphatic rings. The zero-order chi connectivity index (χ0) is 16.9. The molecule has 1 atom stereocenters. The first-order chi connectivity index (χ1) is 10.8. The lowest BCUT2D eigenvalue weighted by Gasteiger charge is -2.24. The molecule has 1 amide bonds. The van der Waals surface area contributed by atoms with E-state index in [2.05, 4.69) is 0 Å². The second kappa shape index (κ2) is 5.08. The third kappa shape index (κ3) is 2.12. The molecule has 1 aliphatic heterocycles. The van der Waals surface area contributed by atoms with Crippen molar-refractivity contribution in [2.24, 2.45) is 0 Å². The molecule has 23 heavy (non-hydrogen) atoms. The first-order valence-corrected chi connectivity index (χ1v) is 6.97. The van der Waals surface area contributed by atoms with Crippen LogP contribution in [-0.4, -0.2) is 13.0 Å². The van der Waals surface area contributed by atoms with Gasteiger partial charge in [0.2, 0.25) is 5.91 Å². The molecule has 3 rings (SSSR count). The monoisotopic (exact) mass is 323 g/mol. The Morgan fingerprint density at radius 2 is 1.61 bits per heavy atom. The average molecular weight is 323 g/mol. The highest BCUT2D eigenvalue weighted by Gasteiger charge is 2.47. The Morgan fingerprint density at radius 1 is 1.04 bits per heavy atom. The normalized spacial score (nSPS) is 20.1. The van der Waals surface area contributed by atoms with Crippen LogP contribution in [-0.2, 0) is 16.6 Å². The van der Waals surface area contributed by atoms with Crippen molar-refractivity contribution in [2.45, 2.75) is 18.8 Å². The fraction of sp³-hybridized carbons (Fsp3) is 0.235. The molecule has 2 nitrogen and oxygen atoms in total. The number of halogens is 4. The van der Waals surface area contributed by atoms with Crippen molar-refractivity contribution in [3.8, 4) is 0 Å². The first kappa shape index (κ1) is 15.5. The molecule has 1 heterocycles. The van der Waals surface area contributed by atoms with Crippen molar-refractivity contribution >= 4 is 11.6 Å². The van der Waals surface area contributed by atoms with E-state index < -0.39 is 40.7 Å². The Balaban J connectivity index is 2.16. The molecule has 120 valence electrons. The van der Waals surface area contributed by atoms with E-state index in [0.717, 1.165) is 0 Å². The number of likely N-dealkylation sites (N-methyl/N-ethyl adjacent to an activating group) is 1. The van der Waals surface area contributed by atoms with Crippen LogP contribution in [0.1, 0.15) is 18.1 Å². The van der Waals surface area contributed by atoms with Crippen LogP contribution in [0.25, 0.3) is 0 Å². The van der Waals surface area contributed by atoms with Crippen LogP contribution in [0.3, 0.4) is 0 Å². The fourth-order valence-corrected chi connectivity index (χ4v) is 3.13. The van der Waals surface area contributed by atoms with Gasteiger partial charge in [-0.3, -0.25) is 4.79 Å². The molecule has 0 N–H and O–H groups in total. The molecular weight excluding hydrogens is 310 g/mol.